The van der Waals surface area contributed by atoms with Crippen molar-refractivity contribution in [2.24, 2.45) is 0 Å². The van der Waals surface area contributed by atoms with E-state index in [0.717, 1.165) is 43.0 Å². The summed E-state index contributed by atoms with van der Waals surface area (Å²) in [6, 6.07) is 23.7. The average Bonchev–Trinajstić information content (AvgIpc) is 3.15. The quantitative estimate of drug-likeness (QED) is 0.351. The highest BCUT2D eigenvalue weighted by atomic mass is 16.3. The summed E-state index contributed by atoms with van der Waals surface area (Å²) >= 11 is 0. The second-order valence-electron chi connectivity index (χ2n) is 9.26. The molecule has 6 heteroatoms. The topological polar surface area (TPSA) is 64.1 Å². The molecule has 1 amide bonds. The maximum Gasteiger partial charge on any atom is 0.300 e. The number of amides is 1. The number of ketones is 1. The molecule has 3 aromatic rings. The number of carbonyl (C=O) groups excluding carboxylic acids is 2. The van der Waals surface area contributed by atoms with Crippen LogP contribution in [0.5, 0.6) is 0 Å². The molecule has 2 aliphatic heterocycles. The van der Waals surface area contributed by atoms with Gasteiger partial charge in [-0.2, -0.15) is 0 Å². The number of hydrogen-bond acceptors (Lipinski definition) is 5. The third kappa shape index (κ3) is 4.33. The largest absolute Gasteiger partial charge is 0.507 e. The first-order valence-electron chi connectivity index (χ1n) is 11.9. The molecule has 1 atom stereocenters. The lowest BCUT2D eigenvalue weighted by Gasteiger charge is -2.34. The summed E-state index contributed by atoms with van der Waals surface area (Å²) in [5, 5.41) is 11.2. The summed E-state index contributed by atoms with van der Waals surface area (Å²) in [4.78, 5) is 32.8. The van der Waals surface area contributed by atoms with E-state index in [1.807, 2.05) is 61.5 Å². The third-order valence-electron chi connectivity index (χ3n) is 6.85. The Bertz CT molecular complexity index is 1280. The van der Waals surface area contributed by atoms with Crippen LogP contribution in [-0.2, 0) is 9.59 Å². The first kappa shape index (κ1) is 22.9. The zero-order chi connectivity index (χ0) is 24.5. The molecule has 2 heterocycles. The van der Waals surface area contributed by atoms with Crippen molar-refractivity contribution < 1.29 is 14.7 Å². The number of hydrogen-bond donors (Lipinski definition) is 1. The lowest BCUT2D eigenvalue weighted by atomic mass is 9.94. The monoisotopic (exact) mass is 467 g/mol. The molecule has 1 N–H and O–H groups in total. The van der Waals surface area contributed by atoms with E-state index in [9.17, 15) is 14.7 Å². The van der Waals surface area contributed by atoms with Gasteiger partial charge in [-0.15, -0.1) is 0 Å². The Balaban J connectivity index is 1.58. The van der Waals surface area contributed by atoms with Crippen LogP contribution in [0, 0.1) is 6.92 Å². The average molecular weight is 468 g/mol. The van der Waals surface area contributed by atoms with Crippen molar-refractivity contribution in [3.8, 4) is 0 Å². The second kappa shape index (κ2) is 9.39. The van der Waals surface area contributed by atoms with Crippen molar-refractivity contribution in [1.29, 1.82) is 0 Å². The summed E-state index contributed by atoms with van der Waals surface area (Å²) in [6.07, 6.45) is 0. The molecular formula is C29H29N3O3. The Morgan fingerprint density at radius 3 is 2.14 bits per heavy atom. The number of anilines is 2. The zero-order valence-electron chi connectivity index (χ0n) is 20.0. The molecule has 178 valence electrons. The highest BCUT2D eigenvalue weighted by Gasteiger charge is 2.47. The number of aliphatic hydroxyl groups excluding tert-OH is 1. The van der Waals surface area contributed by atoms with E-state index in [1.54, 1.807) is 24.3 Å². The Morgan fingerprint density at radius 1 is 0.829 bits per heavy atom. The fourth-order valence-electron chi connectivity index (χ4n) is 4.89. The third-order valence-corrected chi connectivity index (χ3v) is 6.85. The molecule has 6 nitrogen and oxygen atoms in total. The van der Waals surface area contributed by atoms with E-state index in [2.05, 4.69) is 16.8 Å². The first-order valence-corrected chi connectivity index (χ1v) is 11.9. The summed E-state index contributed by atoms with van der Waals surface area (Å²) < 4.78 is 0. The van der Waals surface area contributed by atoms with Crippen molar-refractivity contribution >= 4 is 28.8 Å². The SMILES string of the molecule is Cc1cccc(C2/C(=C(\O)c3ccccc3)C(=O)C(=O)N2c2ccc(N3CCN(C)CC3)cc2)c1. The minimum atomic E-state index is -0.718. The number of Topliss-reactive ketones (excluding diaryl/α,β-unsaturated/α-hetero) is 1. The fraction of sp³-hybridized carbons (Fsp3) is 0.241. The summed E-state index contributed by atoms with van der Waals surface area (Å²) in [5.74, 6) is -1.48. The van der Waals surface area contributed by atoms with E-state index in [-0.39, 0.29) is 11.3 Å². The number of aliphatic hydroxyl groups is 1. The molecule has 0 radical (unpaired) electrons. The van der Waals surface area contributed by atoms with E-state index in [4.69, 9.17) is 0 Å². The molecule has 2 fully saturated rings. The molecule has 0 aliphatic carbocycles. The smallest absolute Gasteiger partial charge is 0.300 e. The van der Waals surface area contributed by atoms with Crippen LogP contribution in [0.2, 0.25) is 0 Å². The van der Waals surface area contributed by atoms with Crippen molar-refractivity contribution in [2.75, 3.05) is 43.0 Å². The number of aryl methyl sites for hydroxylation is 1. The molecule has 2 saturated heterocycles. The zero-order valence-corrected chi connectivity index (χ0v) is 20.0. The van der Waals surface area contributed by atoms with Crippen LogP contribution in [0.3, 0.4) is 0 Å². The van der Waals surface area contributed by atoms with Crippen LogP contribution < -0.4 is 9.80 Å². The number of nitrogens with zero attached hydrogens (tertiary/aromatic N) is 3. The standard InChI is InChI=1S/C29H29N3O3/c1-20-7-6-10-22(19-20)26-25(27(33)21-8-4-3-5-9-21)28(34)29(35)32(26)24-13-11-23(12-14-24)31-17-15-30(2)16-18-31/h3-14,19,26,33H,15-18H2,1-2H3/b27-25+. The van der Waals surface area contributed by atoms with Crippen molar-refractivity contribution in [3.05, 3.63) is 101 Å². The fourth-order valence-corrected chi connectivity index (χ4v) is 4.89. The van der Waals surface area contributed by atoms with Gasteiger partial charge in [-0.25, -0.2) is 0 Å². The van der Waals surface area contributed by atoms with Crippen molar-refractivity contribution in [2.45, 2.75) is 13.0 Å². The van der Waals surface area contributed by atoms with E-state index in [0.29, 0.717) is 11.3 Å². The Morgan fingerprint density at radius 2 is 1.49 bits per heavy atom. The molecule has 3 aromatic carbocycles. The van der Waals surface area contributed by atoms with Crippen LogP contribution in [0.25, 0.3) is 5.76 Å². The van der Waals surface area contributed by atoms with Gasteiger partial charge >= 0.3 is 0 Å². The summed E-state index contributed by atoms with van der Waals surface area (Å²) in [7, 11) is 2.12. The molecule has 5 rings (SSSR count). The van der Waals surface area contributed by atoms with Crippen LogP contribution in [-0.4, -0.2) is 54.9 Å². The van der Waals surface area contributed by atoms with Gasteiger partial charge in [-0.1, -0.05) is 60.2 Å². The molecule has 2 aliphatic rings. The molecule has 0 spiro atoms. The molecular weight excluding hydrogens is 438 g/mol. The van der Waals surface area contributed by atoms with E-state index >= 15 is 0 Å². The summed E-state index contributed by atoms with van der Waals surface area (Å²) in [6.45, 7) is 5.87. The van der Waals surface area contributed by atoms with Crippen LogP contribution >= 0.6 is 0 Å². The van der Waals surface area contributed by atoms with Gasteiger partial charge in [0.2, 0.25) is 0 Å². The molecule has 1 unspecified atom stereocenters. The normalized spacial score (nSPS) is 20.5. The predicted molar refractivity (Wildman–Crippen MR) is 139 cm³/mol. The minimum Gasteiger partial charge on any atom is -0.507 e. The van der Waals surface area contributed by atoms with Crippen molar-refractivity contribution in [3.63, 3.8) is 0 Å². The Labute approximate surface area is 205 Å². The van der Waals surface area contributed by atoms with Gasteiger partial charge in [0.1, 0.15) is 5.76 Å². The predicted octanol–water partition coefficient (Wildman–Crippen LogP) is 4.37. The van der Waals surface area contributed by atoms with E-state index in [1.165, 1.54) is 4.90 Å². The molecule has 0 bridgehead atoms. The number of carbonyl (C=O) groups is 2. The highest BCUT2D eigenvalue weighted by Crippen LogP contribution is 2.42. The minimum absolute atomic E-state index is 0.106. The second-order valence-corrected chi connectivity index (χ2v) is 9.26. The molecule has 0 saturated carbocycles. The number of likely N-dealkylation sites (N-methyl/N-ethyl adjacent to an activating group) is 1. The Kier molecular flexibility index (Phi) is 6.14. The molecule has 0 aromatic heterocycles. The summed E-state index contributed by atoms with van der Waals surface area (Å²) in [5.41, 5.74) is 4.13. The highest BCUT2D eigenvalue weighted by molar-refractivity contribution is 6.51. The first-order chi connectivity index (χ1) is 16.9. The van der Waals surface area contributed by atoms with Gasteiger partial charge in [0, 0.05) is 43.1 Å². The number of benzene rings is 3. The van der Waals surface area contributed by atoms with Gasteiger partial charge in [0.05, 0.1) is 11.6 Å². The van der Waals surface area contributed by atoms with Crippen LogP contribution in [0.4, 0.5) is 11.4 Å². The van der Waals surface area contributed by atoms with Gasteiger partial charge in [0.25, 0.3) is 11.7 Å². The van der Waals surface area contributed by atoms with Gasteiger partial charge in [0.15, 0.2) is 0 Å². The van der Waals surface area contributed by atoms with Gasteiger partial charge in [-0.05, 0) is 43.8 Å². The van der Waals surface area contributed by atoms with Crippen LogP contribution in [0.1, 0.15) is 22.7 Å². The Hall–Kier alpha value is -3.90. The van der Waals surface area contributed by atoms with Gasteiger partial charge in [-0.3, -0.25) is 14.5 Å². The number of piperazine rings is 1. The lowest BCUT2D eigenvalue weighted by Crippen LogP contribution is -2.44. The lowest BCUT2D eigenvalue weighted by molar-refractivity contribution is -0.132. The van der Waals surface area contributed by atoms with Gasteiger partial charge < -0.3 is 14.9 Å². The maximum atomic E-state index is 13.4. The van der Waals surface area contributed by atoms with Crippen LogP contribution in [0.15, 0.2) is 84.4 Å². The molecule has 35 heavy (non-hydrogen) atoms. The van der Waals surface area contributed by atoms with Crippen molar-refractivity contribution in [1.82, 2.24) is 4.90 Å². The van der Waals surface area contributed by atoms with E-state index < -0.39 is 17.7 Å². The number of rotatable bonds is 4. The maximum absolute atomic E-state index is 13.4.